The number of primary sulfonamides is 1. The number of anilines is 3. The lowest BCUT2D eigenvalue weighted by molar-refractivity contribution is -0.0760. The summed E-state index contributed by atoms with van der Waals surface area (Å²) in [6, 6.07) is 5.91. The van der Waals surface area contributed by atoms with E-state index in [2.05, 4.69) is 15.3 Å². The maximum Gasteiger partial charge on any atom is 0.296 e. The highest BCUT2D eigenvalue weighted by atomic mass is 32.2. The third-order valence-electron chi connectivity index (χ3n) is 3.56. The topological polar surface area (TPSA) is 154 Å². The Morgan fingerprint density at radius 2 is 1.93 bits per heavy atom. The third kappa shape index (κ3) is 4.28. The molecule has 0 aliphatic rings. The molecule has 0 bridgehead atoms. The molecule has 0 unspecified atom stereocenters. The van der Waals surface area contributed by atoms with Crippen molar-refractivity contribution < 1.29 is 18.0 Å². The number of nitrogen functional groups attached to an aromatic ring is 1. The molecule has 148 valence electrons. The highest BCUT2D eigenvalue weighted by Crippen LogP contribution is 2.37. The Hall–Kier alpha value is -2.58. The molecule has 28 heavy (non-hydrogen) atoms. The summed E-state index contributed by atoms with van der Waals surface area (Å²) in [7, 11) is -0.871. The Morgan fingerprint density at radius 1 is 1.25 bits per heavy atom. The first-order valence-electron chi connectivity index (χ1n) is 7.63. The number of nitrogens with one attached hydrogen (secondary N) is 1. The van der Waals surface area contributed by atoms with E-state index in [0.717, 1.165) is 5.06 Å². The van der Waals surface area contributed by atoms with Crippen molar-refractivity contribution in [3.05, 3.63) is 35.3 Å². The van der Waals surface area contributed by atoms with E-state index in [9.17, 15) is 13.2 Å². The minimum absolute atomic E-state index is 0.0124. The van der Waals surface area contributed by atoms with Gasteiger partial charge in [-0.3, -0.25) is 9.63 Å². The first kappa shape index (κ1) is 20.2. The number of thiazole rings is 2. The predicted molar refractivity (Wildman–Crippen MR) is 108 cm³/mol. The van der Waals surface area contributed by atoms with E-state index in [-0.39, 0.29) is 22.3 Å². The number of nitrogens with two attached hydrogens (primary N) is 2. The van der Waals surface area contributed by atoms with Crippen LogP contribution in [0.2, 0.25) is 0 Å². The molecule has 0 aliphatic carbocycles. The Labute approximate surface area is 168 Å². The van der Waals surface area contributed by atoms with Crippen LogP contribution in [0.1, 0.15) is 10.5 Å². The number of hydrogen-bond donors (Lipinski definition) is 3. The summed E-state index contributed by atoms with van der Waals surface area (Å²) in [5.74, 6) is -0.108. The fourth-order valence-electron chi connectivity index (χ4n) is 2.11. The second-order valence-corrected chi connectivity index (χ2v) is 8.87. The molecule has 5 N–H and O–H groups in total. The maximum atomic E-state index is 12.1. The predicted octanol–water partition coefficient (Wildman–Crippen LogP) is 1.87. The summed E-state index contributed by atoms with van der Waals surface area (Å²) < 4.78 is 22.6. The average Bonchev–Trinajstić information content (AvgIpc) is 3.26. The average molecular weight is 441 g/mol. The van der Waals surface area contributed by atoms with E-state index in [4.69, 9.17) is 15.7 Å². The summed E-state index contributed by atoms with van der Waals surface area (Å²) in [6.45, 7) is 0. The summed E-state index contributed by atoms with van der Waals surface area (Å²) in [5, 5.41) is 11.9. The molecule has 10 nitrogen and oxygen atoms in total. The molecular formula is C15H16N6O4S3. The summed E-state index contributed by atoms with van der Waals surface area (Å²) >= 11 is 2.52. The lowest BCUT2D eigenvalue weighted by Crippen LogP contribution is -2.25. The fourth-order valence-corrected chi connectivity index (χ4v) is 4.42. The number of hydroxylamine groups is 2. The van der Waals surface area contributed by atoms with Crippen molar-refractivity contribution in [2.75, 3.05) is 25.2 Å². The zero-order valence-corrected chi connectivity index (χ0v) is 17.2. The number of aromatic nitrogens is 2. The Bertz CT molecular complexity index is 1110. The van der Waals surface area contributed by atoms with Crippen molar-refractivity contribution in [2.45, 2.75) is 4.90 Å². The standard InChI is InChI=1S/C15H16N6O4S3/c1-21(25-2)14(22)10-7-26-13(19-10)11-12(16)20-15(27-11)18-8-3-5-9(6-4-8)28(17,23)24/h3-7H,16H2,1-2H3,(H,18,20)(H2,17,23,24). The van der Waals surface area contributed by atoms with Crippen LogP contribution in [-0.2, 0) is 14.9 Å². The number of nitrogens with zero attached hydrogens (tertiary/aromatic N) is 3. The van der Waals surface area contributed by atoms with E-state index >= 15 is 0 Å². The normalized spacial score (nSPS) is 11.4. The monoisotopic (exact) mass is 440 g/mol. The molecule has 1 aromatic carbocycles. The highest BCUT2D eigenvalue weighted by molar-refractivity contribution is 7.89. The van der Waals surface area contributed by atoms with Crippen LogP contribution in [0, 0.1) is 0 Å². The van der Waals surface area contributed by atoms with E-state index < -0.39 is 10.0 Å². The van der Waals surface area contributed by atoms with Gasteiger partial charge in [-0.2, -0.15) is 0 Å². The quantitative estimate of drug-likeness (QED) is 0.491. The van der Waals surface area contributed by atoms with Gasteiger partial charge in [0, 0.05) is 18.1 Å². The number of benzene rings is 1. The summed E-state index contributed by atoms with van der Waals surface area (Å²) in [6.07, 6.45) is 0. The van der Waals surface area contributed by atoms with Gasteiger partial charge in [0.15, 0.2) is 5.13 Å². The molecule has 0 atom stereocenters. The second-order valence-electron chi connectivity index (χ2n) is 5.45. The van der Waals surface area contributed by atoms with Crippen molar-refractivity contribution in [1.82, 2.24) is 15.0 Å². The number of rotatable bonds is 6. The lowest BCUT2D eigenvalue weighted by atomic mass is 10.3. The first-order valence-corrected chi connectivity index (χ1v) is 10.9. The molecule has 0 radical (unpaired) electrons. The maximum absolute atomic E-state index is 12.1. The van der Waals surface area contributed by atoms with Crippen LogP contribution in [0.5, 0.6) is 0 Å². The van der Waals surface area contributed by atoms with Gasteiger partial charge in [-0.25, -0.2) is 28.6 Å². The largest absolute Gasteiger partial charge is 0.382 e. The van der Waals surface area contributed by atoms with Crippen LogP contribution in [0.25, 0.3) is 9.88 Å². The fraction of sp³-hybridized carbons (Fsp3) is 0.133. The molecule has 3 aromatic rings. The molecule has 13 heteroatoms. The van der Waals surface area contributed by atoms with Crippen LogP contribution < -0.4 is 16.2 Å². The van der Waals surface area contributed by atoms with Crippen molar-refractivity contribution >= 4 is 55.2 Å². The summed E-state index contributed by atoms with van der Waals surface area (Å²) in [5.41, 5.74) is 6.85. The number of carbonyl (C=O) groups is 1. The minimum Gasteiger partial charge on any atom is -0.382 e. The number of hydrogen-bond acceptors (Lipinski definition) is 10. The van der Waals surface area contributed by atoms with Gasteiger partial charge >= 0.3 is 0 Å². The van der Waals surface area contributed by atoms with Gasteiger partial charge in [0.1, 0.15) is 21.4 Å². The van der Waals surface area contributed by atoms with Crippen LogP contribution in [0.3, 0.4) is 0 Å². The Kier molecular flexibility index (Phi) is 5.62. The van der Waals surface area contributed by atoms with Gasteiger partial charge in [-0.15, -0.1) is 11.3 Å². The SMILES string of the molecule is CON(C)C(=O)c1csc(-c2sc(Nc3ccc(S(N)(=O)=O)cc3)nc2N)n1. The Morgan fingerprint density at radius 3 is 2.54 bits per heavy atom. The molecular weight excluding hydrogens is 424 g/mol. The number of carbonyl (C=O) groups excluding carboxylic acids is 1. The zero-order valence-electron chi connectivity index (χ0n) is 14.7. The molecule has 0 saturated heterocycles. The van der Waals surface area contributed by atoms with Crippen LogP contribution >= 0.6 is 22.7 Å². The highest BCUT2D eigenvalue weighted by Gasteiger charge is 2.19. The molecule has 2 heterocycles. The molecule has 3 rings (SSSR count). The molecule has 1 amide bonds. The van der Waals surface area contributed by atoms with Gasteiger partial charge in [0.25, 0.3) is 5.91 Å². The Balaban J connectivity index is 1.80. The van der Waals surface area contributed by atoms with Gasteiger partial charge in [-0.1, -0.05) is 11.3 Å². The van der Waals surface area contributed by atoms with E-state index in [1.165, 1.54) is 49.0 Å². The lowest BCUT2D eigenvalue weighted by Gasteiger charge is -2.10. The van der Waals surface area contributed by atoms with Crippen molar-refractivity contribution in [3.8, 4) is 9.88 Å². The summed E-state index contributed by atoms with van der Waals surface area (Å²) in [4.78, 5) is 26.1. The number of sulfonamides is 1. The van der Waals surface area contributed by atoms with Gasteiger partial charge in [0.2, 0.25) is 10.0 Å². The molecule has 2 aromatic heterocycles. The van der Waals surface area contributed by atoms with Crippen molar-refractivity contribution in [2.24, 2.45) is 5.14 Å². The molecule has 0 fully saturated rings. The van der Waals surface area contributed by atoms with E-state index in [1.807, 2.05) is 0 Å². The van der Waals surface area contributed by atoms with Crippen LogP contribution in [0.15, 0.2) is 34.5 Å². The van der Waals surface area contributed by atoms with Crippen LogP contribution in [-0.4, -0.2) is 43.5 Å². The van der Waals surface area contributed by atoms with Gasteiger partial charge in [-0.05, 0) is 24.3 Å². The molecule has 0 spiro atoms. The van der Waals surface area contributed by atoms with Gasteiger partial charge in [0.05, 0.1) is 12.0 Å². The van der Waals surface area contributed by atoms with Gasteiger partial charge < -0.3 is 11.1 Å². The van der Waals surface area contributed by atoms with E-state index in [0.29, 0.717) is 20.7 Å². The van der Waals surface area contributed by atoms with Crippen LogP contribution in [0.4, 0.5) is 16.6 Å². The first-order chi connectivity index (χ1) is 13.2. The smallest absolute Gasteiger partial charge is 0.296 e. The second kappa shape index (κ2) is 7.81. The molecule has 0 saturated carbocycles. The minimum atomic E-state index is -3.75. The van der Waals surface area contributed by atoms with E-state index in [1.54, 1.807) is 17.5 Å². The van der Waals surface area contributed by atoms with Crippen molar-refractivity contribution in [3.63, 3.8) is 0 Å². The third-order valence-corrected chi connectivity index (χ3v) is 6.48. The molecule has 0 aliphatic heterocycles. The zero-order chi connectivity index (χ0) is 20.5. The number of amides is 1. The van der Waals surface area contributed by atoms with Crippen molar-refractivity contribution in [1.29, 1.82) is 0 Å².